The minimum absolute atomic E-state index is 0. The number of nitrogens with two attached hydrogens (primary N) is 1. The summed E-state index contributed by atoms with van der Waals surface area (Å²) in [6, 6.07) is 27.3. The third-order valence-electron chi connectivity index (χ3n) is 6.25. The first-order chi connectivity index (χ1) is 18.0. The number of rotatable bonds is 7. The van der Waals surface area contributed by atoms with Crippen LogP contribution in [-0.2, 0) is 13.6 Å². The number of anilines is 6. The normalized spacial score (nSPS) is 10.2. The van der Waals surface area contributed by atoms with E-state index in [-0.39, 0.29) is 53.9 Å². The topological polar surface area (TPSA) is 86.9 Å². The summed E-state index contributed by atoms with van der Waals surface area (Å²) in [6.07, 6.45) is 6.02. The van der Waals surface area contributed by atoms with Crippen molar-refractivity contribution in [3.8, 4) is 0 Å². The monoisotopic (exact) mass is 744 g/mol. The highest BCUT2D eigenvalue weighted by Gasteiger charge is 2.14. The number of hydrogen-bond donors (Lipinski definition) is 4. The van der Waals surface area contributed by atoms with Crippen molar-refractivity contribution in [1.82, 2.24) is 0 Å². The number of carbonyl (C=O) groups excluding carboxylic acids is 1. The van der Waals surface area contributed by atoms with Crippen LogP contribution in [0.25, 0.3) is 10.9 Å². The van der Waals surface area contributed by atoms with Crippen LogP contribution in [0, 0.1) is 0 Å². The Morgan fingerprint density at radius 1 is 0.769 bits per heavy atom. The molecule has 0 unspecified atom stereocenters. The summed E-state index contributed by atoms with van der Waals surface area (Å²) >= 11 is 0. The number of nitrogen functional groups attached to an aromatic ring is 1. The van der Waals surface area contributed by atoms with Crippen molar-refractivity contribution >= 4 is 50.9 Å². The molecule has 0 aliphatic carbocycles. The van der Waals surface area contributed by atoms with Gasteiger partial charge in [0.05, 0.1) is 22.3 Å². The van der Waals surface area contributed by atoms with Gasteiger partial charge in [0.25, 0.3) is 5.91 Å². The van der Waals surface area contributed by atoms with E-state index in [1.54, 1.807) is 12.1 Å². The highest BCUT2D eigenvalue weighted by atomic mass is 127. The maximum atomic E-state index is 12.9. The summed E-state index contributed by atoms with van der Waals surface area (Å²) in [5.74, 6) is -0.255. The zero-order valence-electron chi connectivity index (χ0n) is 21.7. The van der Waals surface area contributed by atoms with Crippen molar-refractivity contribution in [3.63, 3.8) is 0 Å². The first kappa shape index (κ1) is 30.1. The molecule has 1 amide bonds. The van der Waals surface area contributed by atoms with Crippen LogP contribution in [0.5, 0.6) is 0 Å². The van der Waals surface area contributed by atoms with Gasteiger partial charge in [-0.2, -0.15) is 4.57 Å². The Bertz CT molecular complexity index is 1570. The molecule has 0 fully saturated rings. The van der Waals surface area contributed by atoms with E-state index < -0.39 is 0 Å². The molecular weight excluding hydrogens is 714 g/mol. The Hall–Kier alpha value is -3.45. The summed E-state index contributed by atoms with van der Waals surface area (Å²) in [6.45, 7) is 3.02. The van der Waals surface area contributed by atoms with Crippen molar-refractivity contribution in [1.29, 1.82) is 0 Å². The predicted molar refractivity (Wildman–Crippen MR) is 149 cm³/mol. The Labute approximate surface area is 262 Å². The van der Waals surface area contributed by atoms with Crippen LogP contribution in [0.4, 0.5) is 34.1 Å². The molecule has 0 bridgehead atoms. The summed E-state index contributed by atoms with van der Waals surface area (Å²) in [7, 11) is 1.98. The number of aromatic nitrogens is 2. The minimum Gasteiger partial charge on any atom is -1.00 e. The van der Waals surface area contributed by atoms with Gasteiger partial charge in [-0.3, -0.25) is 4.79 Å². The standard InChI is InChI=1S/C30H28N6O.2HI/c1-3-36-19-16-28(26-6-4-5-7-29(26)36)33-24-12-13-25(27(31)20-24)30(37)34-22-10-8-21(9-11-22)32-23-14-17-35(2)18-15-23;;/h4-20H,3H2,1-2H3,(H3,31,34,37);2*1H. The van der Waals surface area contributed by atoms with Crippen LogP contribution in [0.2, 0.25) is 0 Å². The summed E-state index contributed by atoms with van der Waals surface area (Å²) in [5, 5.41) is 10.8. The van der Waals surface area contributed by atoms with Gasteiger partial charge in [0.15, 0.2) is 18.6 Å². The molecule has 0 spiro atoms. The molecule has 0 aliphatic heterocycles. The van der Waals surface area contributed by atoms with E-state index in [2.05, 4.69) is 51.8 Å². The molecule has 0 saturated carbocycles. The molecular formula is C30H30I2N6O. The van der Waals surface area contributed by atoms with Gasteiger partial charge in [-0.1, -0.05) is 12.1 Å². The highest BCUT2D eigenvalue weighted by Crippen LogP contribution is 2.27. The van der Waals surface area contributed by atoms with Crippen LogP contribution in [0.3, 0.4) is 0 Å². The molecule has 0 radical (unpaired) electrons. The molecule has 2 heterocycles. The number of aryl methyl sites for hydroxylation is 2. The van der Waals surface area contributed by atoms with E-state index in [0.717, 1.165) is 40.2 Å². The molecule has 7 nitrogen and oxygen atoms in total. The zero-order valence-corrected chi connectivity index (χ0v) is 26.0. The molecule has 0 saturated heterocycles. The van der Waals surface area contributed by atoms with E-state index in [1.807, 2.05) is 78.6 Å². The fraction of sp³-hybridized carbons (Fsp3) is 0.100. The average Bonchev–Trinajstić information content (AvgIpc) is 2.91. The number of carbonyl (C=O) groups is 1. The number of nitrogens with zero attached hydrogens (tertiary/aromatic N) is 2. The first-order valence-electron chi connectivity index (χ1n) is 12.2. The van der Waals surface area contributed by atoms with Gasteiger partial charge in [-0.05, 0) is 55.5 Å². The van der Waals surface area contributed by atoms with Gasteiger partial charge >= 0.3 is 0 Å². The van der Waals surface area contributed by atoms with E-state index in [4.69, 9.17) is 5.73 Å². The fourth-order valence-electron chi connectivity index (χ4n) is 4.26. The van der Waals surface area contributed by atoms with Gasteiger partial charge in [-0.25, -0.2) is 4.57 Å². The SMILES string of the molecule is CC[n+]1ccc(Nc2ccc(C(=O)Nc3ccc(Nc4cc[n+](C)cc4)cc3)c(N)c2)c2ccccc21.[I-].[I-]. The molecule has 39 heavy (non-hydrogen) atoms. The molecule has 5 rings (SSSR count). The number of fused-ring (bicyclic) bond motifs is 1. The molecule has 200 valence electrons. The highest BCUT2D eigenvalue weighted by molar-refractivity contribution is 6.08. The minimum atomic E-state index is -0.255. The van der Waals surface area contributed by atoms with E-state index in [1.165, 1.54) is 0 Å². The molecule has 9 heteroatoms. The number of nitrogens with one attached hydrogen (secondary N) is 3. The largest absolute Gasteiger partial charge is 1.00 e. The number of amides is 1. The van der Waals surface area contributed by atoms with Gasteiger partial charge in [0.1, 0.15) is 13.6 Å². The lowest BCUT2D eigenvalue weighted by Crippen LogP contribution is -3.00. The molecule has 5 N–H and O–H groups in total. The van der Waals surface area contributed by atoms with Crippen molar-refractivity contribution in [2.75, 3.05) is 21.7 Å². The second-order valence-electron chi connectivity index (χ2n) is 8.87. The first-order valence-corrected chi connectivity index (χ1v) is 12.2. The number of hydrogen-bond acceptors (Lipinski definition) is 4. The summed E-state index contributed by atoms with van der Waals surface area (Å²) in [5.41, 5.74) is 12.7. The van der Waals surface area contributed by atoms with Crippen LogP contribution in [0.15, 0.2) is 104 Å². The molecule has 5 aromatic rings. The Kier molecular flexibility index (Phi) is 10.5. The van der Waals surface area contributed by atoms with Gasteiger partial charge < -0.3 is 69.6 Å². The summed E-state index contributed by atoms with van der Waals surface area (Å²) in [4.78, 5) is 12.9. The fourth-order valence-corrected chi connectivity index (χ4v) is 4.26. The van der Waals surface area contributed by atoms with Crippen molar-refractivity contribution < 1.29 is 61.9 Å². The quantitative estimate of drug-likeness (QED) is 0.101. The van der Waals surface area contributed by atoms with Crippen LogP contribution >= 0.6 is 0 Å². The van der Waals surface area contributed by atoms with Crippen LogP contribution in [0.1, 0.15) is 17.3 Å². The number of halogens is 2. The maximum absolute atomic E-state index is 12.9. The van der Waals surface area contributed by atoms with Gasteiger partial charge in [0, 0.05) is 47.0 Å². The second kappa shape index (κ2) is 13.6. The number of para-hydroxylation sites is 1. The Morgan fingerprint density at radius 2 is 1.41 bits per heavy atom. The van der Waals surface area contributed by atoms with Crippen molar-refractivity contribution in [2.45, 2.75) is 13.5 Å². The Balaban J connectivity index is 0.00000210. The van der Waals surface area contributed by atoms with Crippen LogP contribution < -0.4 is 78.8 Å². The lowest BCUT2D eigenvalue weighted by molar-refractivity contribution is -0.671. The number of pyridine rings is 2. The lowest BCUT2D eigenvalue weighted by Gasteiger charge is -2.13. The molecule has 0 atom stereocenters. The summed E-state index contributed by atoms with van der Waals surface area (Å²) < 4.78 is 4.18. The molecule has 0 aliphatic rings. The number of benzene rings is 3. The third-order valence-corrected chi connectivity index (χ3v) is 6.25. The smallest absolute Gasteiger partial charge is 0.257 e. The van der Waals surface area contributed by atoms with Crippen molar-refractivity contribution in [3.05, 3.63) is 109 Å². The van der Waals surface area contributed by atoms with Gasteiger partial charge in [-0.15, -0.1) is 0 Å². The predicted octanol–water partition coefficient (Wildman–Crippen LogP) is -0.699. The van der Waals surface area contributed by atoms with E-state index in [0.29, 0.717) is 16.9 Å². The maximum Gasteiger partial charge on any atom is 0.257 e. The molecule has 3 aromatic carbocycles. The van der Waals surface area contributed by atoms with Gasteiger partial charge in [0.2, 0.25) is 5.52 Å². The van der Waals surface area contributed by atoms with Crippen molar-refractivity contribution in [2.24, 2.45) is 7.05 Å². The second-order valence-corrected chi connectivity index (χ2v) is 8.87. The third kappa shape index (κ3) is 7.15. The average molecular weight is 744 g/mol. The van der Waals surface area contributed by atoms with E-state index >= 15 is 0 Å². The lowest BCUT2D eigenvalue weighted by atomic mass is 10.1. The Morgan fingerprint density at radius 3 is 2.10 bits per heavy atom. The zero-order chi connectivity index (χ0) is 25.8. The van der Waals surface area contributed by atoms with E-state index in [9.17, 15) is 4.79 Å². The van der Waals surface area contributed by atoms with Crippen LogP contribution in [-0.4, -0.2) is 5.91 Å². The molecule has 2 aromatic heterocycles.